The molecule has 8 nitrogen and oxygen atoms in total. The molecule has 114 valence electrons. The summed E-state index contributed by atoms with van der Waals surface area (Å²) in [6.45, 7) is 0.0302. The number of nitrogens with zero attached hydrogens (tertiary/aromatic N) is 3. The summed E-state index contributed by atoms with van der Waals surface area (Å²) in [5, 5.41) is 0. The van der Waals surface area contributed by atoms with Crippen LogP contribution in [-0.2, 0) is 19.7 Å². The van der Waals surface area contributed by atoms with Crippen molar-refractivity contribution in [2.24, 2.45) is 0 Å². The van der Waals surface area contributed by atoms with Crippen molar-refractivity contribution in [1.29, 1.82) is 0 Å². The van der Waals surface area contributed by atoms with Crippen molar-refractivity contribution in [3.8, 4) is 0 Å². The van der Waals surface area contributed by atoms with Gasteiger partial charge in [0, 0.05) is 0 Å². The molecule has 0 unspecified atom stereocenters. The molecule has 2 aromatic rings. The molecule has 2 rings (SSSR count). The molecule has 21 heavy (non-hydrogen) atoms. The molecule has 1 aromatic carbocycles. The minimum absolute atomic E-state index is 0.0103. The first-order chi connectivity index (χ1) is 9.94. The normalized spacial score (nSPS) is 11.8. The van der Waals surface area contributed by atoms with Gasteiger partial charge in [0.2, 0.25) is 0 Å². The van der Waals surface area contributed by atoms with Gasteiger partial charge < -0.3 is 0 Å². The summed E-state index contributed by atoms with van der Waals surface area (Å²) >= 11 is -0.235. The molecule has 1 N–H and O–H groups in total. The summed E-state index contributed by atoms with van der Waals surface area (Å²) in [6.07, 6.45) is -0.0103. The summed E-state index contributed by atoms with van der Waals surface area (Å²) < 4.78 is 40.8. The average Bonchev–Trinajstić information content (AvgIpc) is 2.93. The first-order valence-corrected chi connectivity index (χ1v) is 8.93. The van der Waals surface area contributed by atoms with Gasteiger partial charge in [-0.1, -0.05) is 0 Å². The molecule has 0 fully saturated rings. The number of ether oxygens (including phenoxy) is 1. The molecule has 0 radical (unpaired) electrons. The second-order valence-corrected chi connectivity index (χ2v) is 7.08. The summed E-state index contributed by atoms with van der Waals surface area (Å²) in [5.41, 5.74) is 1.63. The van der Waals surface area contributed by atoms with Gasteiger partial charge in [-0.2, -0.15) is 0 Å². The van der Waals surface area contributed by atoms with Crippen LogP contribution < -0.4 is 4.72 Å². The van der Waals surface area contributed by atoms with Crippen LogP contribution in [0.5, 0.6) is 0 Å². The maximum absolute atomic E-state index is 12.2. The second-order valence-electron chi connectivity index (χ2n) is 4.19. The van der Waals surface area contributed by atoms with Gasteiger partial charge in [0.05, 0.1) is 0 Å². The van der Waals surface area contributed by atoms with E-state index >= 15 is 0 Å². The number of carbonyl (C=O) groups excluding carboxylic acids is 1. The standard InChI is InChI=1S/C11H14N4O4SSe/c1-15(7-6-10(16)19-2)20(17,18)12-8-4-3-5-9-11(8)14-21-13-9/h3-5,12H,6-7H2,1-2H3. The van der Waals surface area contributed by atoms with Gasteiger partial charge in [0.1, 0.15) is 0 Å². The molecule has 0 spiro atoms. The fourth-order valence-electron chi connectivity index (χ4n) is 1.58. The topological polar surface area (TPSA) is 101 Å². The van der Waals surface area contributed by atoms with E-state index in [2.05, 4.69) is 17.4 Å². The number of hydrogen-bond donors (Lipinski definition) is 1. The number of hydrogen-bond acceptors (Lipinski definition) is 6. The third kappa shape index (κ3) is 3.79. The van der Waals surface area contributed by atoms with Crippen LogP contribution in [0.3, 0.4) is 0 Å². The van der Waals surface area contributed by atoms with Crippen LogP contribution in [0.4, 0.5) is 5.69 Å². The van der Waals surface area contributed by atoms with Crippen LogP contribution in [-0.4, -0.2) is 62.3 Å². The van der Waals surface area contributed by atoms with Crippen LogP contribution in [0.25, 0.3) is 11.0 Å². The van der Waals surface area contributed by atoms with E-state index in [-0.39, 0.29) is 27.9 Å². The van der Waals surface area contributed by atoms with Crippen LogP contribution in [0.2, 0.25) is 0 Å². The molecule has 1 heterocycles. The molecule has 10 heteroatoms. The van der Waals surface area contributed by atoms with Crippen molar-refractivity contribution in [2.75, 3.05) is 25.4 Å². The molecule has 0 saturated heterocycles. The molecule has 0 atom stereocenters. The zero-order valence-corrected chi connectivity index (χ0v) is 14.0. The van der Waals surface area contributed by atoms with E-state index < -0.39 is 16.2 Å². The van der Waals surface area contributed by atoms with Gasteiger partial charge in [-0.3, -0.25) is 0 Å². The Kier molecular flexibility index (Phi) is 4.94. The third-order valence-corrected chi connectivity index (χ3v) is 5.41. The van der Waals surface area contributed by atoms with Gasteiger partial charge >= 0.3 is 128 Å². The van der Waals surface area contributed by atoms with E-state index in [1.54, 1.807) is 18.2 Å². The van der Waals surface area contributed by atoms with E-state index in [9.17, 15) is 13.2 Å². The number of esters is 1. The minimum atomic E-state index is -3.76. The summed E-state index contributed by atoms with van der Waals surface area (Å²) in [7, 11) is -1.11. The second kappa shape index (κ2) is 6.52. The Morgan fingerprint density at radius 1 is 1.43 bits per heavy atom. The molecule has 1 aromatic heterocycles. The molecule has 0 saturated carbocycles. The van der Waals surface area contributed by atoms with Crippen molar-refractivity contribution >= 4 is 47.9 Å². The SMILES string of the molecule is COC(=O)CCN(C)S(=O)(=O)Nc1cccc2n[se]nc12. The van der Waals surface area contributed by atoms with E-state index in [4.69, 9.17) is 0 Å². The predicted molar refractivity (Wildman–Crippen MR) is 78.3 cm³/mol. The monoisotopic (exact) mass is 378 g/mol. The van der Waals surface area contributed by atoms with Crippen molar-refractivity contribution in [2.45, 2.75) is 6.42 Å². The predicted octanol–water partition coefficient (Wildman–Crippen LogP) is -0.162. The fourth-order valence-corrected chi connectivity index (χ4v) is 3.66. The number of anilines is 1. The Labute approximate surface area is 128 Å². The zero-order chi connectivity index (χ0) is 15.5. The van der Waals surface area contributed by atoms with Crippen molar-refractivity contribution in [3.05, 3.63) is 18.2 Å². The summed E-state index contributed by atoms with van der Waals surface area (Å²) in [5.74, 6) is -0.464. The fraction of sp³-hybridized carbons (Fsp3) is 0.364. The average molecular weight is 377 g/mol. The van der Waals surface area contributed by atoms with E-state index in [0.717, 1.165) is 4.31 Å². The van der Waals surface area contributed by atoms with Crippen LogP contribution in [0.1, 0.15) is 6.42 Å². The van der Waals surface area contributed by atoms with Crippen molar-refractivity contribution in [3.63, 3.8) is 0 Å². The van der Waals surface area contributed by atoms with E-state index in [0.29, 0.717) is 16.7 Å². The quantitative estimate of drug-likeness (QED) is 0.555. The number of methoxy groups -OCH3 is 1. The van der Waals surface area contributed by atoms with E-state index in [1.165, 1.54) is 14.2 Å². The van der Waals surface area contributed by atoms with Crippen LogP contribution in [0.15, 0.2) is 18.2 Å². The maximum atomic E-state index is 12.2. The molecular weight excluding hydrogens is 363 g/mol. The number of nitrogens with one attached hydrogen (secondary N) is 1. The number of benzene rings is 1. The van der Waals surface area contributed by atoms with Gasteiger partial charge in [-0.25, -0.2) is 0 Å². The Balaban J connectivity index is 2.13. The van der Waals surface area contributed by atoms with Gasteiger partial charge in [-0.05, 0) is 0 Å². The van der Waals surface area contributed by atoms with Crippen LogP contribution in [0, 0.1) is 0 Å². The zero-order valence-electron chi connectivity index (χ0n) is 11.4. The molecule has 0 aliphatic carbocycles. The molecule has 0 aliphatic heterocycles. The third-order valence-electron chi connectivity index (χ3n) is 2.79. The summed E-state index contributed by atoms with van der Waals surface area (Å²) in [4.78, 5) is 11.1. The first-order valence-electron chi connectivity index (χ1n) is 5.96. The van der Waals surface area contributed by atoms with Crippen molar-refractivity contribution in [1.82, 2.24) is 12.3 Å². The van der Waals surface area contributed by atoms with Gasteiger partial charge in [-0.15, -0.1) is 0 Å². The number of rotatable bonds is 6. The number of aromatic nitrogens is 2. The van der Waals surface area contributed by atoms with E-state index in [1.807, 2.05) is 0 Å². The Hall–Kier alpha value is -1.48. The summed E-state index contributed by atoms with van der Waals surface area (Å²) in [6, 6.07) is 5.13. The molecular formula is C11H14N4O4SSe. The first kappa shape index (κ1) is 15.9. The molecule has 0 amide bonds. The molecule has 0 bridgehead atoms. The van der Waals surface area contributed by atoms with Crippen LogP contribution >= 0.6 is 0 Å². The molecule has 0 aliphatic rings. The van der Waals surface area contributed by atoms with Crippen molar-refractivity contribution < 1.29 is 17.9 Å². The Morgan fingerprint density at radius 2 is 2.19 bits per heavy atom. The number of fused-ring (bicyclic) bond motifs is 1. The Morgan fingerprint density at radius 3 is 2.90 bits per heavy atom. The number of carbonyl (C=O) groups is 1. The Bertz CT molecular complexity index is 746. The van der Waals surface area contributed by atoms with Gasteiger partial charge in [0.25, 0.3) is 0 Å². The van der Waals surface area contributed by atoms with Gasteiger partial charge in [0.15, 0.2) is 0 Å².